The van der Waals surface area contributed by atoms with Crippen molar-refractivity contribution in [2.45, 2.75) is 283 Å². The Morgan fingerprint density at radius 3 is 1.13 bits per heavy atom. The first kappa shape index (κ1) is 78.6. The maximum atomic E-state index is 13.0. The molecular weight excluding hydrogens is 1030 g/mol. The maximum absolute atomic E-state index is 13.0. The van der Waals surface area contributed by atoms with Crippen molar-refractivity contribution in [1.82, 2.24) is 5.32 Å². The van der Waals surface area contributed by atoms with E-state index < -0.39 is 26.6 Å². The number of phosphoric acid groups is 1. The number of rotatable bonds is 60. The highest BCUT2D eigenvalue weighted by Gasteiger charge is 2.23. The number of allylic oxidation sites excluding steroid dienone is 21. The molecule has 0 bridgehead atoms. The molecule has 0 aliphatic carbocycles. The zero-order valence-corrected chi connectivity index (χ0v) is 54.5. The molecule has 8 nitrogen and oxygen atoms in total. The van der Waals surface area contributed by atoms with Gasteiger partial charge in [-0.25, -0.2) is 0 Å². The second-order valence-electron chi connectivity index (χ2n) is 23.4. The minimum Gasteiger partial charge on any atom is -0.756 e. The monoisotopic (exact) mass is 1160 g/mol. The highest BCUT2D eigenvalue weighted by Crippen LogP contribution is 2.38. The summed E-state index contributed by atoms with van der Waals surface area (Å²) >= 11 is 0. The van der Waals surface area contributed by atoms with E-state index in [2.05, 4.69) is 141 Å². The number of nitrogens with one attached hydrogen (secondary N) is 1. The predicted octanol–water partition coefficient (Wildman–Crippen LogP) is 20.8. The molecule has 0 aliphatic heterocycles. The average Bonchev–Trinajstić information content (AvgIpc) is 3.47. The number of amides is 1. The van der Waals surface area contributed by atoms with Crippen LogP contribution in [0.2, 0.25) is 0 Å². The number of unbranched alkanes of at least 4 members (excludes halogenated alkanes) is 27. The summed E-state index contributed by atoms with van der Waals surface area (Å²) in [6, 6.07) is -0.934. The van der Waals surface area contributed by atoms with E-state index in [1.54, 1.807) is 6.08 Å². The summed E-state index contributed by atoms with van der Waals surface area (Å²) < 4.78 is 23.4. The van der Waals surface area contributed by atoms with Crippen LogP contribution in [0.5, 0.6) is 0 Å². The van der Waals surface area contributed by atoms with Crippen molar-refractivity contribution in [2.75, 3.05) is 40.9 Å². The lowest BCUT2D eigenvalue weighted by atomic mass is 10.0. The quantitative estimate of drug-likeness (QED) is 0.0272. The standard InChI is InChI=1S/C73H127N2O6P/c1-6-8-10-12-14-16-18-20-22-24-26-28-30-32-34-36-37-39-41-43-45-47-49-51-53-55-57-59-61-63-65-67-73(77)74-71(70-81-82(78,79)80-69-68-75(3,4)5)72(76)66-64-62-60-58-56-54-52-50-48-46-44-42-40-38-35-33-31-29-27-25-23-21-19-17-15-13-11-9-7-2/h8,10,14,16,20,22,26,28,32,34,37,39,43,45,49,51,55-58,64,66,71-72,76H,6-7,9,11-13,15,17-19,21,23-25,27,29-31,33,35-36,38,40-42,44,46-48,50,52-54,59-63,65,67-70H2,1-5H3,(H-,74,77,78,79)/b10-8-,16-14-,22-20-,28-26-,34-32-,39-37-,45-43-,51-49-,57-55-,58-56+,66-64+. The summed E-state index contributed by atoms with van der Waals surface area (Å²) in [6.45, 7) is 4.50. The normalized spacial score (nSPS) is 14.6. The van der Waals surface area contributed by atoms with Crippen LogP contribution in [-0.4, -0.2) is 68.5 Å². The predicted molar refractivity (Wildman–Crippen MR) is 357 cm³/mol. The summed E-state index contributed by atoms with van der Waals surface area (Å²) in [4.78, 5) is 25.6. The van der Waals surface area contributed by atoms with E-state index in [9.17, 15) is 19.4 Å². The Balaban J connectivity index is 4.28. The highest BCUT2D eigenvalue weighted by molar-refractivity contribution is 7.45. The fraction of sp³-hybridized carbons (Fsp3) is 0.685. The number of hydrogen-bond donors (Lipinski definition) is 2. The van der Waals surface area contributed by atoms with Gasteiger partial charge >= 0.3 is 0 Å². The van der Waals surface area contributed by atoms with Crippen molar-refractivity contribution in [3.63, 3.8) is 0 Å². The largest absolute Gasteiger partial charge is 0.756 e. The average molecular weight is 1160 g/mol. The first-order valence-electron chi connectivity index (χ1n) is 33.5. The summed E-state index contributed by atoms with van der Waals surface area (Å²) in [5.74, 6) is -0.242. The van der Waals surface area contributed by atoms with E-state index in [4.69, 9.17) is 9.05 Å². The molecule has 9 heteroatoms. The molecule has 0 saturated heterocycles. The summed E-state index contributed by atoms with van der Waals surface area (Å²) in [5.41, 5.74) is 0. The number of nitrogens with zero attached hydrogens (tertiary/aromatic N) is 1. The molecule has 0 aromatic carbocycles. The zero-order valence-electron chi connectivity index (χ0n) is 53.6. The first-order valence-corrected chi connectivity index (χ1v) is 35.0. The second kappa shape index (κ2) is 62.2. The van der Waals surface area contributed by atoms with Gasteiger partial charge in [-0.05, 0) is 103 Å². The first-order chi connectivity index (χ1) is 40.0. The van der Waals surface area contributed by atoms with Crippen LogP contribution in [0, 0.1) is 0 Å². The van der Waals surface area contributed by atoms with E-state index in [1.807, 2.05) is 27.2 Å². The van der Waals surface area contributed by atoms with Crippen molar-refractivity contribution in [1.29, 1.82) is 0 Å². The highest BCUT2D eigenvalue weighted by atomic mass is 31.2. The van der Waals surface area contributed by atoms with Crippen molar-refractivity contribution in [3.05, 3.63) is 134 Å². The number of phosphoric ester groups is 1. The van der Waals surface area contributed by atoms with Gasteiger partial charge in [0.15, 0.2) is 0 Å². The molecule has 2 N–H and O–H groups in total. The van der Waals surface area contributed by atoms with Crippen LogP contribution < -0.4 is 10.2 Å². The van der Waals surface area contributed by atoms with E-state index in [-0.39, 0.29) is 18.9 Å². The second-order valence-corrected chi connectivity index (χ2v) is 24.8. The fourth-order valence-electron chi connectivity index (χ4n) is 9.16. The van der Waals surface area contributed by atoms with Gasteiger partial charge in [0, 0.05) is 6.42 Å². The lowest BCUT2D eigenvalue weighted by Gasteiger charge is -2.29. The van der Waals surface area contributed by atoms with Gasteiger partial charge in [0.2, 0.25) is 5.91 Å². The van der Waals surface area contributed by atoms with Gasteiger partial charge in [-0.15, -0.1) is 0 Å². The number of hydrogen-bond acceptors (Lipinski definition) is 6. The molecule has 0 radical (unpaired) electrons. The maximum Gasteiger partial charge on any atom is 0.268 e. The van der Waals surface area contributed by atoms with Crippen LogP contribution in [-0.2, 0) is 18.4 Å². The van der Waals surface area contributed by atoms with E-state index in [1.165, 1.54) is 148 Å². The van der Waals surface area contributed by atoms with Crippen LogP contribution in [0.25, 0.3) is 0 Å². The molecule has 3 atom stereocenters. The summed E-state index contributed by atoms with van der Waals surface area (Å²) in [6.07, 6.45) is 94.2. The van der Waals surface area contributed by atoms with Gasteiger partial charge in [-0.1, -0.05) is 295 Å². The third-order valence-electron chi connectivity index (χ3n) is 14.3. The lowest BCUT2D eigenvalue weighted by Crippen LogP contribution is -2.45. The number of carbonyl (C=O) groups is 1. The summed E-state index contributed by atoms with van der Waals surface area (Å²) in [7, 11) is 1.20. The Bertz CT molecular complexity index is 1800. The van der Waals surface area contributed by atoms with Crippen molar-refractivity contribution in [2.24, 2.45) is 0 Å². The number of quaternary nitrogens is 1. The van der Waals surface area contributed by atoms with E-state index in [0.29, 0.717) is 17.4 Å². The third-order valence-corrected chi connectivity index (χ3v) is 15.3. The lowest BCUT2D eigenvalue weighted by molar-refractivity contribution is -0.870. The van der Waals surface area contributed by atoms with E-state index in [0.717, 1.165) is 96.3 Å². The van der Waals surface area contributed by atoms with Gasteiger partial charge in [0.05, 0.1) is 39.9 Å². The molecule has 0 aromatic rings. The molecule has 0 aromatic heterocycles. The Morgan fingerprint density at radius 1 is 0.439 bits per heavy atom. The molecule has 0 fully saturated rings. The fourth-order valence-corrected chi connectivity index (χ4v) is 9.89. The zero-order chi connectivity index (χ0) is 59.8. The van der Waals surface area contributed by atoms with Gasteiger partial charge in [0.25, 0.3) is 7.82 Å². The van der Waals surface area contributed by atoms with Gasteiger partial charge < -0.3 is 28.8 Å². The minimum atomic E-state index is -4.63. The number of aliphatic hydroxyl groups excluding tert-OH is 1. The van der Waals surface area contributed by atoms with Crippen LogP contribution in [0.1, 0.15) is 271 Å². The molecule has 0 saturated carbocycles. The summed E-state index contributed by atoms with van der Waals surface area (Å²) in [5, 5.41) is 13.9. The molecule has 82 heavy (non-hydrogen) atoms. The van der Waals surface area contributed by atoms with Gasteiger partial charge in [-0.3, -0.25) is 9.36 Å². The molecule has 0 aliphatic rings. The Labute approximate surface area is 506 Å². The number of aliphatic hydroxyl groups is 1. The number of carbonyl (C=O) groups excluding carboxylic acids is 1. The van der Waals surface area contributed by atoms with Crippen LogP contribution in [0.4, 0.5) is 0 Å². The smallest absolute Gasteiger partial charge is 0.268 e. The molecule has 0 heterocycles. The van der Waals surface area contributed by atoms with Crippen molar-refractivity contribution < 1.29 is 32.9 Å². The van der Waals surface area contributed by atoms with Crippen LogP contribution in [0.15, 0.2) is 134 Å². The minimum absolute atomic E-state index is 0.0206. The van der Waals surface area contributed by atoms with Crippen molar-refractivity contribution >= 4 is 13.7 Å². The topological polar surface area (TPSA) is 108 Å². The van der Waals surface area contributed by atoms with Gasteiger partial charge in [-0.2, -0.15) is 0 Å². The number of likely N-dealkylation sites (N-methyl/N-ethyl adjacent to an activating group) is 1. The SMILES string of the molecule is CC/C=C\C/C=C\C/C=C\C/C=C\C/C=C\C/C=C\C/C=C\C/C=C\C/C=C\CCCCCC(=O)NC(COP(=O)([O-])OCC[N+](C)(C)C)C(O)/C=C/CC/C=C/CCCCCCCCCCCCCCCCCCCCCCCCC. The Kier molecular flexibility index (Phi) is 59.6. The Morgan fingerprint density at radius 2 is 0.756 bits per heavy atom. The molecule has 470 valence electrons. The molecule has 3 unspecified atom stereocenters. The Hall–Kier alpha value is -3.36. The third kappa shape index (κ3) is 64.2. The van der Waals surface area contributed by atoms with Gasteiger partial charge in [0.1, 0.15) is 13.2 Å². The van der Waals surface area contributed by atoms with Crippen LogP contribution >= 0.6 is 7.82 Å². The van der Waals surface area contributed by atoms with Crippen molar-refractivity contribution in [3.8, 4) is 0 Å². The molecule has 1 amide bonds. The molecule has 0 rings (SSSR count). The molecular formula is C73H127N2O6P. The van der Waals surface area contributed by atoms with Crippen LogP contribution in [0.3, 0.4) is 0 Å². The van der Waals surface area contributed by atoms with E-state index >= 15 is 0 Å². The molecule has 0 spiro atoms.